The summed E-state index contributed by atoms with van der Waals surface area (Å²) >= 11 is 0. The van der Waals surface area contributed by atoms with Crippen LogP contribution < -0.4 is 10.6 Å². The second kappa shape index (κ2) is 9.39. The largest absolute Gasteiger partial charge is 0.391 e. The smallest absolute Gasteiger partial charge is 0.236 e. The molecule has 0 fully saturated rings. The molecule has 0 aromatic rings. The van der Waals surface area contributed by atoms with Crippen LogP contribution in [0.25, 0.3) is 0 Å². The lowest BCUT2D eigenvalue weighted by molar-refractivity contribution is -0.122. The highest BCUT2D eigenvalue weighted by Crippen LogP contribution is 1.92. The fraction of sp³-hybridized carbons (Fsp3) is 0.917. The summed E-state index contributed by atoms with van der Waals surface area (Å²) < 4.78 is 4.82. The average molecular weight is 246 g/mol. The Morgan fingerprint density at radius 1 is 1.35 bits per heavy atom. The van der Waals surface area contributed by atoms with E-state index in [2.05, 4.69) is 24.5 Å². The van der Waals surface area contributed by atoms with E-state index in [4.69, 9.17) is 4.74 Å². The highest BCUT2D eigenvalue weighted by Gasteiger charge is 2.12. The van der Waals surface area contributed by atoms with Crippen LogP contribution in [0.15, 0.2) is 0 Å². The van der Waals surface area contributed by atoms with E-state index >= 15 is 0 Å². The Morgan fingerprint density at radius 3 is 2.53 bits per heavy atom. The van der Waals surface area contributed by atoms with Crippen LogP contribution in [-0.2, 0) is 9.53 Å². The summed E-state index contributed by atoms with van der Waals surface area (Å²) in [5, 5.41) is 15.3. The summed E-state index contributed by atoms with van der Waals surface area (Å²) in [6, 6.07) is -0.233. The van der Waals surface area contributed by atoms with Crippen LogP contribution in [0.2, 0.25) is 0 Å². The van der Waals surface area contributed by atoms with E-state index < -0.39 is 6.10 Å². The molecule has 0 saturated heterocycles. The van der Waals surface area contributed by atoms with Crippen molar-refractivity contribution in [1.29, 1.82) is 0 Å². The normalized spacial score (nSPS) is 14.7. The minimum absolute atomic E-state index is 0.0000636. The lowest BCUT2D eigenvalue weighted by Crippen LogP contribution is -2.44. The molecule has 0 radical (unpaired) electrons. The fourth-order valence-electron chi connectivity index (χ4n) is 1.29. The van der Waals surface area contributed by atoms with Crippen molar-refractivity contribution in [3.05, 3.63) is 0 Å². The summed E-state index contributed by atoms with van der Waals surface area (Å²) in [6.07, 6.45) is 0.105. The van der Waals surface area contributed by atoms with Gasteiger partial charge in [0.2, 0.25) is 5.91 Å². The van der Waals surface area contributed by atoms with Crippen molar-refractivity contribution in [3.63, 3.8) is 0 Å². The first-order chi connectivity index (χ1) is 7.97. The predicted molar refractivity (Wildman–Crippen MR) is 67.8 cm³/mol. The zero-order chi connectivity index (χ0) is 13.3. The van der Waals surface area contributed by atoms with Crippen molar-refractivity contribution in [3.8, 4) is 0 Å². The first kappa shape index (κ1) is 16.4. The third-order valence-corrected chi connectivity index (χ3v) is 2.36. The molecule has 0 aliphatic heterocycles. The summed E-state index contributed by atoms with van der Waals surface area (Å²) in [5.41, 5.74) is 0. The number of carbonyl (C=O) groups excluding carboxylic acids is 1. The monoisotopic (exact) mass is 246 g/mol. The molecule has 102 valence electrons. The van der Waals surface area contributed by atoms with Gasteiger partial charge in [-0.2, -0.15) is 0 Å². The second-order valence-corrected chi connectivity index (χ2v) is 4.71. The van der Waals surface area contributed by atoms with Crippen molar-refractivity contribution in [2.75, 3.05) is 26.8 Å². The van der Waals surface area contributed by atoms with Gasteiger partial charge in [0, 0.05) is 13.7 Å². The predicted octanol–water partition coefficient (Wildman–Crippen LogP) is 0.134. The molecule has 0 heterocycles. The summed E-state index contributed by atoms with van der Waals surface area (Å²) in [6.45, 7) is 7.55. The van der Waals surface area contributed by atoms with Crippen molar-refractivity contribution in [1.82, 2.24) is 10.6 Å². The average Bonchev–Trinajstić information content (AvgIpc) is 2.25. The second-order valence-electron chi connectivity index (χ2n) is 4.71. The number of carbonyl (C=O) groups is 1. The molecule has 0 aromatic heterocycles. The molecule has 0 aliphatic carbocycles. The zero-order valence-electron chi connectivity index (χ0n) is 11.3. The summed E-state index contributed by atoms with van der Waals surface area (Å²) in [4.78, 5) is 11.6. The number of methoxy groups -OCH3 is 1. The molecule has 0 rings (SSSR count). The quantitative estimate of drug-likeness (QED) is 0.541. The Morgan fingerprint density at radius 2 is 2.00 bits per heavy atom. The standard InChI is InChI=1S/C12H26N2O3/c1-9(2)7-14-12(16)10(3)13-6-5-11(15)8-17-4/h9-11,13,15H,5-8H2,1-4H3,(H,14,16). The number of ether oxygens (including phenoxy) is 1. The minimum atomic E-state index is -0.474. The number of rotatable bonds is 9. The van der Waals surface area contributed by atoms with E-state index in [0.29, 0.717) is 32.0 Å². The Labute approximate surface area is 104 Å². The molecule has 0 aromatic carbocycles. The molecule has 1 amide bonds. The number of nitrogens with one attached hydrogen (secondary N) is 2. The molecule has 5 nitrogen and oxygen atoms in total. The zero-order valence-corrected chi connectivity index (χ0v) is 11.3. The number of aliphatic hydroxyl groups excluding tert-OH is 1. The Bertz CT molecular complexity index is 210. The third kappa shape index (κ3) is 9.09. The van der Waals surface area contributed by atoms with Crippen LogP contribution >= 0.6 is 0 Å². The minimum Gasteiger partial charge on any atom is -0.391 e. The van der Waals surface area contributed by atoms with E-state index in [1.807, 2.05) is 6.92 Å². The van der Waals surface area contributed by atoms with Gasteiger partial charge < -0.3 is 20.5 Å². The Kier molecular flexibility index (Phi) is 9.03. The van der Waals surface area contributed by atoms with E-state index in [-0.39, 0.29) is 11.9 Å². The molecule has 2 atom stereocenters. The maximum Gasteiger partial charge on any atom is 0.236 e. The van der Waals surface area contributed by atoms with Gasteiger partial charge in [-0.1, -0.05) is 13.8 Å². The van der Waals surface area contributed by atoms with Gasteiger partial charge in [0.15, 0.2) is 0 Å². The van der Waals surface area contributed by atoms with Crippen LogP contribution in [0.3, 0.4) is 0 Å². The van der Waals surface area contributed by atoms with Crippen molar-refractivity contribution in [2.45, 2.75) is 39.3 Å². The maximum atomic E-state index is 11.6. The summed E-state index contributed by atoms with van der Waals surface area (Å²) in [5.74, 6) is 0.453. The third-order valence-electron chi connectivity index (χ3n) is 2.36. The van der Waals surface area contributed by atoms with Crippen LogP contribution in [-0.4, -0.2) is 50.0 Å². The first-order valence-corrected chi connectivity index (χ1v) is 6.15. The van der Waals surface area contributed by atoms with Crippen LogP contribution in [0, 0.1) is 5.92 Å². The van der Waals surface area contributed by atoms with Crippen LogP contribution in [0.4, 0.5) is 0 Å². The lowest BCUT2D eigenvalue weighted by Gasteiger charge is -2.16. The number of amides is 1. The highest BCUT2D eigenvalue weighted by atomic mass is 16.5. The van der Waals surface area contributed by atoms with Crippen molar-refractivity contribution < 1.29 is 14.6 Å². The van der Waals surface area contributed by atoms with Gasteiger partial charge in [-0.3, -0.25) is 4.79 Å². The van der Waals surface area contributed by atoms with Crippen LogP contribution in [0.5, 0.6) is 0 Å². The van der Waals surface area contributed by atoms with E-state index in [9.17, 15) is 9.90 Å². The molecular formula is C12H26N2O3. The Hall–Kier alpha value is -0.650. The first-order valence-electron chi connectivity index (χ1n) is 6.15. The molecule has 0 aliphatic rings. The lowest BCUT2D eigenvalue weighted by atomic mass is 10.2. The van der Waals surface area contributed by atoms with Gasteiger partial charge in [0.05, 0.1) is 18.8 Å². The number of hydrogen-bond acceptors (Lipinski definition) is 4. The van der Waals surface area contributed by atoms with Gasteiger partial charge in [-0.15, -0.1) is 0 Å². The molecule has 3 N–H and O–H groups in total. The molecule has 17 heavy (non-hydrogen) atoms. The number of aliphatic hydroxyl groups is 1. The van der Waals surface area contributed by atoms with E-state index in [0.717, 1.165) is 0 Å². The fourth-order valence-corrected chi connectivity index (χ4v) is 1.29. The molecule has 0 saturated carbocycles. The van der Waals surface area contributed by atoms with Gasteiger partial charge in [0.25, 0.3) is 0 Å². The van der Waals surface area contributed by atoms with Gasteiger partial charge >= 0.3 is 0 Å². The van der Waals surface area contributed by atoms with Gasteiger partial charge in [0.1, 0.15) is 0 Å². The highest BCUT2D eigenvalue weighted by molar-refractivity contribution is 5.81. The van der Waals surface area contributed by atoms with E-state index in [1.165, 1.54) is 0 Å². The van der Waals surface area contributed by atoms with E-state index in [1.54, 1.807) is 7.11 Å². The number of hydrogen-bond donors (Lipinski definition) is 3. The van der Waals surface area contributed by atoms with Gasteiger partial charge in [-0.25, -0.2) is 0 Å². The Balaban J connectivity index is 3.63. The molecule has 5 heteroatoms. The topological polar surface area (TPSA) is 70.6 Å². The maximum absolute atomic E-state index is 11.6. The SMILES string of the molecule is COCC(O)CCNC(C)C(=O)NCC(C)C. The van der Waals surface area contributed by atoms with Crippen molar-refractivity contribution >= 4 is 5.91 Å². The molecular weight excluding hydrogens is 220 g/mol. The molecule has 2 unspecified atom stereocenters. The summed E-state index contributed by atoms with van der Waals surface area (Å²) in [7, 11) is 1.55. The van der Waals surface area contributed by atoms with Crippen LogP contribution in [0.1, 0.15) is 27.2 Å². The molecule has 0 spiro atoms. The van der Waals surface area contributed by atoms with Gasteiger partial charge in [-0.05, 0) is 25.8 Å². The molecule has 0 bridgehead atoms. The van der Waals surface area contributed by atoms with Crippen molar-refractivity contribution in [2.24, 2.45) is 5.92 Å².